The summed E-state index contributed by atoms with van der Waals surface area (Å²) >= 11 is 3.48. The molecule has 70 valence electrons. The van der Waals surface area contributed by atoms with Crippen LogP contribution in [0, 0.1) is 5.92 Å². The minimum absolute atomic E-state index is 0.337. The lowest BCUT2D eigenvalue weighted by Crippen LogP contribution is -2.17. The standard InChI is InChI=1S/C11H14BrN/c1-7(13)10-6-11(10)8-3-2-4-9(12)5-8/h2-5,7,10-11H,6,13H2,1H3. The van der Waals surface area contributed by atoms with Crippen molar-refractivity contribution in [2.75, 3.05) is 0 Å². The van der Waals surface area contributed by atoms with Crippen LogP contribution in [0.1, 0.15) is 24.8 Å². The lowest BCUT2D eigenvalue weighted by Gasteiger charge is -2.04. The average molecular weight is 240 g/mol. The minimum Gasteiger partial charge on any atom is -0.328 e. The number of hydrogen-bond donors (Lipinski definition) is 1. The van der Waals surface area contributed by atoms with Gasteiger partial charge >= 0.3 is 0 Å². The molecule has 1 nitrogen and oxygen atoms in total. The first-order chi connectivity index (χ1) is 6.18. The van der Waals surface area contributed by atoms with E-state index >= 15 is 0 Å². The number of hydrogen-bond acceptors (Lipinski definition) is 1. The highest BCUT2D eigenvalue weighted by Crippen LogP contribution is 2.49. The van der Waals surface area contributed by atoms with Crippen LogP contribution in [-0.2, 0) is 0 Å². The fraction of sp³-hybridized carbons (Fsp3) is 0.455. The van der Waals surface area contributed by atoms with Gasteiger partial charge in [0, 0.05) is 10.5 Å². The monoisotopic (exact) mass is 239 g/mol. The largest absolute Gasteiger partial charge is 0.328 e. The molecule has 0 aliphatic heterocycles. The summed E-state index contributed by atoms with van der Waals surface area (Å²) in [4.78, 5) is 0. The topological polar surface area (TPSA) is 26.0 Å². The second-order valence-corrected chi connectivity index (χ2v) is 4.84. The molecule has 2 heteroatoms. The lowest BCUT2D eigenvalue weighted by molar-refractivity contribution is 0.631. The van der Waals surface area contributed by atoms with Gasteiger partial charge in [0.05, 0.1) is 0 Å². The third-order valence-corrected chi connectivity index (χ3v) is 3.29. The van der Waals surface area contributed by atoms with Gasteiger partial charge in [0.15, 0.2) is 0 Å². The van der Waals surface area contributed by atoms with Gasteiger partial charge in [-0.25, -0.2) is 0 Å². The maximum Gasteiger partial charge on any atom is 0.0178 e. The van der Waals surface area contributed by atoms with E-state index in [1.54, 1.807) is 0 Å². The molecule has 0 radical (unpaired) electrons. The SMILES string of the molecule is CC(N)C1CC1c1cccc(Br)c1. The minimum atomic E-state index is 0.337. The summed E-state index contributed by atoms with van der Waals surface area (Å²) in [5.74, 6) is 1.41. The highest BCUT2D eigenvalue weighted by atomic mass is 79.9. The number of benzene rings is 1. The molecule has 0 saturated heterocycles. The number of nitrogens with two attached hydrogens (primary N) is 1. The molecule has 0 heterocycles. The summed E-state index contributed by atoms with van der Waals surface area (Å²) < 4.78 is 1.17. The van der Waals surface area contributed by atoms with E-state index in [0.717, 1.165) is 0 Å². The Morgan fingerprint density at radius 3 is 2.85 bits per heavy atom. The Balaban J connectivity index is 2.12. The summed E-state index contributed by atoms with van der Waals surface area (Å²) in [6.45, 7) is 2.10. The lowest BCUT2D eigenvalue weighted by atomic mass is 10.1. The van der Waals surface area contributed by atoms with Gasteiger partial charge in [-0.1, -0.05) is 28.1 Å². The zero-order valence-corrected chi connectivity index (χ0v) is 9.29. The molecule has 1 aliphatic carbocycles. The van der Waals surface area contributed by atoms with E-state index in [1.807, 2.05) is 0 Å². The third-order valence-electron chi connectivity index (χ3n) is 2.79. The molecular formula is C11H14BrN. The Hall–Kier alpha value is -0.340. The van der Waals surface area contributed by atoms with Crippen LogP contribution in [0.2, 0.25) is 0 Å². The van der Waals surface area contributed by atoms with Crippen LogP contribution in [-0.4, -0.2) is 6.04 Å². The van der Waals surface area contributed by atoms with Crippen molar-refractivity contribution in [2.45, 2.75) is 25.3 Å². The molecule has 13 heavy (non-hydrogen) atoms. The van der Waals surface area contributed by atoms with Crippen LogP contribution in [0.5, 0.6) is 0 Å². The van der Waals surface area contributed by atoms with E-state index in [2.05, 4.69) is 47.1 Å². The Bertz CT molecular complexity index is 309. The van der Waals surface area contributed by atoms with Crippen LogP contribution in [0.25, 0.3) is 0 Å². The molecule has 0 spiro atoms. The van der Waals surface area contributed by atoms with Crippen LogP contribution in [0.3, 0.4) is 0 Å². The van der Waals surface area contributed by atoms with E-state index in [0.29, 0.717) is 17.9 Å². The summed E-state index contributed by atoms with van der Waals surface area (Å²) in [6.07, 6.45) is 1.26. The van der Waals surface area contributed by atoms with Gasteiger partial charge in [-0.3, -0.25) is 0 Å². The maximum absolute atomic E-state index is 5.85. The molecule has 3 atom stereocenters. The summed E-state index contributed by atoms with van der Waals surface area (Å²) in [5, 5.41) is 0. The Labute approximate surface area is 87.5 Å². The fourth-order valence-corrected chi connectivity index (χ4v) is 2.33. The molecule has 1 fully saturated rings. The molecule has 1 aromatic carbocycles. The molecule has 1 saturated carbocycles. The molecule has 2 rings (SSSR count). The molecule has 3 unspecified atom stereocenters. The number of rotatable bonds is 2. The van der Waals surface area contributed by atoms with Gasteiger partial charge in [0.25, 0.3) is 0 Å². The van der Waals surface area contributed by atoms with Crippen LogP contribution in [0.4, 0.5) is 0 Å². The predicted octanol–water partition coefficient (Wildman–Crippen LogP) is 2.90. The van der Waals surface area contributed by atoms with Crippen molar-refractivity contribution in [1.29, 1.82) is 0 Å². The highest BCUT2D eigenvalue weighted by molar-refractivity contribution is 9.10. The predicted molar refractivity (Wildman–Crippen MR) is 58.6 cm³/mol. The van der Waals surface area contributed by atoms with E-state index < -0.39 is 0 Å². The molecule has 1 aromatic rings. The molecule has 0 aromatic heterocycles. The van der Waals surface area contributed by atoms with Crippen molar-refractivity contribution < 1.29 is 0 Å². The summed E-state index contributed by atoms with van der Waals surface area (Å²) in [6, 6.07) is 8.89. The smallest absolute Gasteiger partial charge is 0.0178 e. The van der Waals surface area contributed by atoms with Crippen molar-refractivity contribution >= 4 is 15.9 Å². The second-order valence-electron chi connectivity index (χ2n) is 3.92. The third kappa shape index (κ3) is 1.94. The van der Waals surface area contributed by atoms with Gasteiger partial charge in [0.2, 0.25) is 0 Å². The van der Waals surface area contributed by atoms with Gasteiger partial charge in [-0.2, -0.15) is 0 Å². The van der Waals surface area contributed by atoms with Gasteiger partial charge in [-0.05, 0) is 42.9 Å². The quantitative estimate of drug-likeness (QED) is 0.845. The van der Waals surface area contributed by atoms with Crippen molar-refractivity contribution in [3.63, 3.8) is 0 Å². The van der Waals surface area contributed by atoms with Crippen LogP contribution >= 0.6 is 15.9 Å². The summed E-state index contributed by atoms with van der Waals surface area (Å²) in [5.41, 5.74) is 7.28. The van der Waals surface area contributed by atoms with Crippen molar-refractivity contribution in [3.8, 4) is 0 Å². The molecular weight excluding hydrogens is 226 g/mol. The Morgan fingerprint density at radius 1 is 1.54 bits per heavy atom. The average Bonchev–Trinajstić information content (AvgIpc) is 2.82. The Kier molecular flexibility index (Phi) is 2.43. The van der Waals surface area contributed by atoms with E-state index in [9.17, 15) is 0 Å². The van der Waals surface area contributed by atoms with Gasteiger partial charge in [0.1, 0.15) is 0 Å². The van der Waals surface area contributed by atoms with Gasteiger partial charge in [-0.15, -0.1) is 0 Å². The molecule has 0 bridgehead atoms. The van der Waals surface area contributed by atoms with E-state index in [1.165, 1.54) is 16.5 Å². The first kappa shape index (κ1) is 9.22. The first-order valence-electron chi connectivity index (χ1n) is 4.69. The molecule has 2 N–H and O–H groups in total. The first-order valence-corrected chi connectivity index (χ1v) is 5.49. The normalized spacial score (nSPS) is 28.5. The number of halogens is 1. The zero-order chi connectivity index (χ0) is 9.42. The van der Waals surface area contributed by atoms with Crippen molar-refractivity contribution in [2.24, 2.45) is 11.7 Å². The van der Waals surface area contributed by atoms with Crippen LogP contribution < -0.4 is 5.73 Å². The van der Waals surface area contributed by atoms with E-state index in [4.69, 9.17) is 5.73 Å². The van der Waals surface area contributed by atoms with Crippen molar-refractivity contribution in [3.05, 3.63) is 34.3 Å². The van der Waals surface area contributed by atoms with E-state index in [-0.39, 0.29) is 0 Å². The maximum atomic E-state index is 5.85. The second kappa shape index (κ2) is 3.43. The van der Waals surface area contributed by atoms with Gasteiger partial charge < -0.3 is 5.73 Å². The molecule has 0 amide bonds. The zero-order valence-electron chi connectivity index (χ0n) is 7.70. The Morgan fingerprint density at radius 2 is 2.31 bits per heavy atom. The van der Waals surface area contributed by atoms with Crippen LogP contribution in [0.15, 0.2) is 28.7 Å². The summed E-state index contributed by atoms with van der Waals surface area (Å²) in [7, 11) is 0. The van der Waals surface area contributed by atoms with Crippen molar-refractivity contribution in [1.82, 2.24) is 0 Å². The molecule has 1 aliphatic rings. The highest BCUT2D eigenvalue weighted by Gasteiger charge is 2.40. The fourth-order valence-electron chi connectivity index (χ4n) is 1.92.